The summed E-state index contributed by atoms with van der Waals surface area (Å²) in [6.07, 6.45) is 0.629. The molecule has 6 heteroatoms. The summed E-state index contributed by atoms with van der Waals surface area (Å²) < 4.78 is 10.5. The minimum Gasteiger partial charge on any atom is -0.478 e. The van der Waals surface area contributed by atoms with Crippen LogP contribution in [0.25, 0.3) is 0 Å². The van der Waals surface area contributed by atoms with E-state index in [4.69, 9.17) is 9.47 Å². The van der Waals surface area contributed by atoms with E-state index in [-0.39, 0.29) is 0 Å². The molecule has 100 valence electrons. The van der Waals surface area contributed by atoms with Crippen LogP contribution in [0.2, 0.25) is 0 Å². The molecule has 1 aromatic heterocycles. The summed E-state index contributed by atoms with van der Waals surface area (Å²) in [7, 11) is 0. The van der Waals surface area contributed by atoms with Gasteiger partial charge in [-0.25, -0.2) is 4.98 Å². The van der Waals surface area contributed by atoms with Crippen molar-refractivity contribution in [3.63, 3.8) is 0 Å². The number of aliphatic hydroxyl groups is 1. The van der Waals surface area contributed by atoms with E-state index in [1.54, 1.807) is 6.07 Å². The van der Waals surface area contributed by atoms with Crippen LogP contribution in [-0.2, 0) is 4.74 Å². The molecule has 1 atom stereocenters. The van der Waals surface area contributed by atoms with E-state index >= 15 is 0 Å². The van der Waals surface area contributed by atoms with Crippen molar-refractivity contribution in [3.8, 4) is 5.88 Å². The third kappa shape index (κ3) is 3.30. The molecule has 0 aliphatic carbocycles. The molecule has 0 spiro atoms. The fourth-order valence-corrected chi connectivity index (χ4v) is 1.82. The minimum atomic E-state index is -0.821. The van der Waals surface area contributed by atoms with Gasteiger partial charge in [0.25, 0.3) is 0 Å². The zero-order chi connectivity index (χ0) is 13.0. The highest BCUT2D eigenvalue weighted by Crippen LogP contribution is 2.19. The minimum absolute atomic E-state index is 0.351. The number of nitrogens with zero attached hydrogens (tertiary/aromatic N) is 2. The highest BCUT2D eigenvalue weighted by Gasteiger charge is 2.32. The molecule has 18 heavy (non-hydrogen) atoms. The molecular formula is C12H19N3O3. The van der Waals surface area contributed by atoms with Crippen LogP contribution >= 0.6 is 0 Å². The van der Waals surface area contributed by atoms with Gasteiger partial charge in [0, 0.05) is 31.3 Å². The van der Waals surface area contributed by atoms with Crippen molar-refractivity contribution in [3.05, 3.63) is 11.8 Å². The number of hydrogen-bond donors (Lipinski definition) is 2. The Balaban J connectivity index is 2.00. The van der Waals surface area contributed by atoms with Gasteiger partial charge in [0.1, 0.15) is 5.60 Å². The molecule has 2 N–H and O–H groups in total. The highest BCUT2D eigenvalue weighted by atomic mass is 16.5. The summed E-state index contributed by atoms with van der Waals surface area (Å²) in [6.45, 7) is 5.67. The van der Waals surface area contributed by atoms with Crippen LogP contribution in [0.4, 0.5) is 5.95 Å². The molecule has 1 aromatic rings. The number of anilines is 1. The Morgan fingerprint density at radius 2 is 2.39 bits per heavy atom. The van der Waals surface area contributed by atoms with Gasteiger partial charge in [-0.15, -0.1) is 0 Å². The molecule has 1 fully saturated rings. The van der Waals surface area contributed by atoms with Crippen molar-refractivity contribution in [1.82, 2.24) is 9.97 Å². The first kappa shape index (κ1) is 13.0. The maximum absolute atomic E-state index is 10.1. The quantitative estimate of drug-likeness (QED) is 0.806. The molecule has 2 rings (SSSR count). The summed E-state index contributed by atoms with van der Waals surface area (Å²) in [5.41, 5.74) is 0.00409. The Bertz CT molecular complexity index is 406. The number of ether oxygens (including phenoxy) is 2. The normalized spacial score (nSPS) is 23.1. The predicted molar refractivity (Wildman–Crippen MR) is 66.8 cm³/mol. The van der Waals surface area contributed by atoms with Crippen molar-refractivity contribution in [2.75, 3.05) is 31.7 Å². The van der Waals surface area contributed by atoms with E-state index in [9.17, 15) is 5.11 Å². The fraction of sp³-hybridized carbons (Fsp3) is 0.667. The number of nitrogens with one attached hydrogen (secondary N) is 1. The van der Waals surface area contributed by atoms with E-state index < -0.39 is 5.60 Å². The number of rotatable bonds is 5. The fourth-order valence-electron chi connectivity index (χ4n) is 1.82. The van der Waals surface area contributed by atoms with E-state index in [1.165, 1.54) is 0 Å². The average molecular weight is 253 g/mol. The molecular weight excluding hydrogens is 234 g/mol. The molecule has 0 bridgehead atoms. The third-order valence-corrected chi connectivity index (χ3v) is 2.78. The Labute approximate surface area is 106 Å². The van der Waals surface area contributed by atoms with Gasteiger partial charge in [0.05, 0.1) is 13.2 Å². The van der Waals surface area contributed by atoms with Gasteiger partial charge < -0.3 is 19.9 Å². The molecule has 0 saturated carbocycles. The molecule has 1 aliphatic heterocycles. The van der Waals surface area contributed by atoms with Crippen LogP contribution in [0.1, 0.15) is 19.0 Å². The second-order valence-corrected chi connectivity index (χ2v) is 4.48. The van der Waals surface area contributed by atoms with Gasteiger partial charge in [-0.2, -0.15) is 4.98 Å². The van der Waals surface area contributed by atoms with Crippen LogP contribution in [0.5, 0.6) is 5.88 Å². The van der Waals surface area contributed by atoms with Crippen LogP contribution < -0.4 is 10.1 Å². The molecule has 2 heterocycles. The highest BCUT2D eigenvalue weighted by molar-refractivity contribution is 5.31. The number of hydrogen-bond acceptors (Lipinski definition) is 6. The van der Waals surface area contributed by atoms with Gasteiger partial charge in [-0.1, -0.05) is 0 Å². The van der Waals surface area contributed by atoms with Crippen molar-refractivity contribution >= 4 is 5.95 Å². The van der Waals surface area contributed by atoms with Gasteiger partial charge >= 0.3 is 0 Å². The Morgan fingerprint density at radius 3 is 3.06 bits per heavy atom. The van der Waals surface area contributed by atoms with Crippen LogP contribution in [-0.4, -0.2) is 47.0 Å². The number of aryl methyl sites for hydroxylation is 1. The molecule has 1 unspecified atom stereocenters. The predicted octanol–water partition coefficient (Wildman–Crippen LogP) is 0.747. The van der Waals surface area contributed by atoms with Gasteiger partial charge in [0.2, 0.25) is 11.8 Å². The van der Waals surface area contributed by atoms with Crippen LogP contribution in [0.15, 0.2) is 6.07 Å². The molecule has 0 aromatic carbocycles. The lowest BCUT2D eigenvalue weighted by Crippen LogP contribution is -2.37. The second kappa shape index (κ2) is 5.49. The van der Waals surface area contributed by atoms with E-state index in [2.05, 4.69) is 15.3 Å². The standard InChI is InChI=1S/C12H19N3O3/c1-3-18-10-6-9(2)14-11(15-10)13-7-12(16)4-5-17-8-12/h6,16H,3-5,7-8H2,1-2H3,(H,13,14,15). The largest absolute Gasteiger partial charge is 0.478 e. The van der Waals surface area contributed by atoms with E-state index in [0.717, 1.165) is 5.69 Å². The van der Waals surface area contributed by atoms with Crippen molar-refractivity contribution in [2.24, 2.45) is 0 Å². The monoisotopic (exact) mass is 253 g/mol. The Hall–Kier alpha value is -1.40. The third-order valence-electron chi connectivity index (χ3n) is 2.78. The zero-order valence-electron chi connectivity index (χ0n) is 10.8. The van der Waals surface area contributed by atoms with Crippen LogP contribution in [0, 0.1) is 6.92 Å². The van der Waals surface area contributed by atoms with E-state index in [1.807, 2.05) is 13.8 Å². The summed E-state index contributed by atoms with van der Waals surface area (Å²) in [6, 6.07) is 1.78. The molecule has 1 saturated heterocycles. The molecule has 0 radical (unpaired) electrons. The SMILES string of the molecule is CCOc1cc(C)nc(NCC2(O)CCOC2)n1. The molecule has 6 nitrogen and oxygen atoms in total. The Morgan fingerprint density at radius 1 is 1.56 bits per heavy atom. The van der Waals surface area contributed by atoms with Gasteiger partial charge in [0.15, 0.2) is 0 Å². The first-order chi connectivity index (χ1) is 8.61. The maximum atomic E-state index is 10.1. The van der Waals surface area contributed by atoms with Gasteiger partial charge in [-0.05, 0) is 13.8 Å². The topological polar surface area (TPSA) is 76.5 Å². The van der Waals surface area contributed by atoms with E-state index in [0.29, 0.717) is 44.6 Å². The summed E-state index contributed by atoms with van der Waals surface area (Å²) in [5, 5.41) is 13.2. The first-order valence-corrected chi connectivity index (χ1v) is 6.14. The van der Waals surface area contributed by atoms with Crippen molar-refractivity contribution < 1.29 is 14.6 Å². The summed E-state index contributed by atoms with van der Waals surface area (Å²) >= 11 is 0. The summed E-state index contributed by atoms with van der Waals surface area (Å²) in [4.78, 5) is 8.47. The van der Waals surface area contributed by atoms with Crippen molar-refractivity contribution in [2.45, 2.75) is 25.9 Å². The second-order valence-electron chi connectivity index (χ2n) is 4.48. The lowest BCUT2D eigenvalue weighted by atomic mass is 10.0. The lowest BCUT2D eigenvalue weighted by Gasteiger charge is -2.20. The van der Waals surface area contributed by atoms with Gasteiger partial charge in [-0.3, -0.25) is 0 Å². The first-order valence-electron chi connectivity index (χ1n) is 6.14. The maximum Gasteiger partial charge on any atom is 0.226 e. The molecule has 1 aliphatic rings. The molecule has 0 amide bonds. The smallest absolute Gasteiger partial charge is 0.226 e. The van der Waals surface area contributed by atoms with Crippen molar-refractivity contribution in [1.29, 1.82) is 0 Å². The zero-order valence-corrected chi connectivity index (χ0v) is 10.8. The van der Waals surface area contributed by atoms with Crippen LogP contribution in [0.3, 0.4) is 0 Å². The number of aromatic nitrogens is 2. The lowest BCUT2D eigenvalue weighted by molar-refractivity contribution is 0.0380. The summed E-state index contributed by atoms with van der Waals surface area (Å²) in [5.74, 6) is 1.01. The Kier molecular flexibility index (Phi) is 3.98. The average Bonchev–Trinajstić information content (AvgIpc) is 2.74.